The minimum Gasteiger partial charge on any atom is -0.211 e. The van der Waals surface area contributed by atoms with E-state index in [4.69, 9.17) is 0 Å². The maximum Gasteiger partial charge on any atom is 0.235 e. The van der Waals surface area contributed by atoms with Gasteiger partial charge in [-0.15, -0.1) is 0 Å². The summed E-state index contributed by atoms with van der Waals surface area (Å²) < 4.78 is 0. The van der Waals surface area contributed by atoms with Crippen molar-refractivity contribution in [3.8, 4) is 0 Å². The summed E-state index contributed by atoms with van der Waals surface area (Å²) in [6, 6.07) is -0.0155. The molecule has 4 nitrogen and oxygen atoms in total. The molecule has 1 rings (SSSR count). The zero-order chi connectivity index (χ0) is 10.4. The molecule has 0 aromatic rings. The van der Waals surface area contributed by atoms with Crippen LogP contribution in [0.1, 0.15) is 39.0 Å². The molecule has 0 aromatic carbocycles. The van der Waals surface area contributed by atoms with E-state index in [-0.39, 0.29) is 11.6 Å². The van der Waals surface area contributed by atoms with E-state index in [1.165, 1.54) is 0 Å². The van der Waals surface area contributed by atoms with Gasteiger partial charge in [-0.05, 0) is 32.1 Å². The smallest absolute Gasteiger partial charge is 0.211 e. The first kappa shape index (κ1) is 10.8. The average molecular weight is 194 g/mol. The van der Waals surface area contributed by atoms with E-state index in [1.54, 1.807) is 12.2 Å². The van der Waals surface area contributed by atoms with Crippen molar-refractivity contribution in [2.45, 2.75) is 50.6 Å². The first-order chi connectivity index (χ1) is 6.76. The van der Waals surface area contributed by atoms with Crippen molar-refractivity contribution >= 4 is 12.2 Å². The molecule has 0 aromatic heterocycles. The third kappa shape index (κ3) is 2.38. The highest BCUT2D eigenvalue weighted by atomic mass is 16.1. The predicted octanol–water partition coefficient (Wildman–Crippen LogP) is 1.75. The van der Waals surface area contributed by atoms with Gasteiger partial charge < -0.3 is 0 Å². The quantitative estimate of drug-likeness (QED) is 0.507. The fourth-order valence-corrected chi connectivity index (χ4v) is 2.09. The van der Waals surface area contributed by atoms with Gasteiger partial charge >= 0.3 is 0 Å². The Hall–Kier alpha value is -1.24. The Balaban J connectivity index is 2.77. The van der Waals surface area contributed by atoms with Crippen molar-refractivity contribution in [1.82, 2.24) is 0 Å². The van der Waals surface area contributed by atoms with Crippen molar-refractivity contribution in [2.75, 3.05) is 0 Å². The third-order valence-electron chi connectivity index (χ3n) is 2.97. The fourth-order valence-electron chi connectivity index (χ4n) is 2.09. The van der Waals surface area contributed by atoms with Gasteiger partial charge in [-0.3, -0.25) is 0 Å². The molecule has 76 valence electrons. The molecule has 0 spiro atoms. The van der Waals surface area contributed by atoms with E-state index >= 15 is 0 Å². The Morgan fingerprint density at radius 2 is 2.21 bits per heavy atom. The lowest BCUT2D eigenvalue weighted by molar-refractivity contribution is 0.264. The molecule has 1 saturated carbocycles. The predicted molar refractivity (Wildman–Crippen MR) is 51.5 cm³/mol. The van der Waals surface area contributed by atoms with Gasteiger partial charge in [-0.2, -0.15) is 4.99 Å². The molecular formula is C10H14N2O2. The van der Waals surface area contributed by atoms with Crippen molar-refractivity contribution < 1.29 is 9.59 Å². The summed E-state index contributed by atoms with van der Waals surface area (Å²) in [6.45, 7) is 1.99. The molecule has 2 atom stereocenters. The topological polar surface area (TPSA) is 58.9 Å². The Morgan fingerprint density at radius 1 is 1.43 bits per heavy atom. The van der Waals surface area contributed by atoms with Crippen LogP contribution in [0.5, 0.6) is 0 Å². The first-order valence-electron chi connectivity index (χ1n) is 4.92. The number of carbonyl (C=O) groups excluding carboxylic acids is 2. The van der Waals surface area contributed by atoms with E-state index in [0.717, 1.165) is 25.7 Å². The van der Waals surface area contributed by atoms with Crippen LogP contribution in [-0.4, -0.2) is 23.7 Å². The summed E-state index contributed by atoms with van der Waals surface area (Å²) in [7, 11) is 0. The molecule has 0 aliphatic heterocycles. The molecule has 4 heteroatoms. The third-order valence-corrected chi connectivity index (χ3v) is 2.97. The Labute approximate surface area is 83.1 Å². The highest BCUT2D eigenvalue weighted by Gasteiger charge is 2.34. The van der Waals surface area contributed by atoms with Crippen LogP contribution in [0.4, 0.5) is 0 Å². The Bertz CT molecular complexity index is 290. The highest BCUT2D eigenvalue weighted by Crippen LogP contribution is 2.35. The molecular weight excluding hydrogens is 180 g/mol. The molecule has 1 aliphatic rings. The highest BCUT2D eigenvalue weighted by molar-refractivity contribution is 5.36. The number of nitrogens with zero attached hydrogens (tertiary/aromatic N) is 2. The van der Waals surface area contributed by atoms with Crippen LogP contribution in [0.25, 0.3) is 0 Å². The molecule has 0 amide bonds. The van der Waals surface area contributed by atoms with Crippen molar-refractivity contribution in [2.24, 2.45) is 9.98 Å². The molecule has 1 aliphatic carbocycles. The lowest BCUT2D eigenvalue weighted by atomic mass is 9.78. The summed E-state index contributed by atoms with van der Waals surface area (Å²) >= 11 is 0. The molecule has 2 unspecified atom stereocenters. The minimum absolute atomic E-state index is 0.0155. The van der Waals surface area contributed by atoms with Crippen LogP contribution >= 0.6 is 0 Å². The van der Waals surface area contributed by atoms with Crippen LogP contribution in [0.15, 0.2) is 9.98 Å². The zero-order valence-electron chi connectivity index (χ0n) is 8.32. The summed E-state index contributed by atoms with van der Waals surface area (Å²) in [5, 5.41) is 0. The average Bonchev–Trinajstić information content (AvgIpc) is 2.19. The normalized spacial score (nSPS) is 31.4. The van der Waals surface area contributed by atoms with Crippen molar-refractivity contribution in [3.63, 3.8) is 0 Å². The number of aliphatic imine (C=N–C) groups is 2. The van der Waals surface area contributed by atoms with Gasteiger partial charge in [0, 0.05) is 0 Å². The van der Waals surface area contributed by atoms with Gasteiger partial charge in [0.15, 0.2) is 0 Å². The van der Waals surface area contributed by atoms with Gasteiger partial charge in [0.2, 0.25) is 12.2 Å². The number of rotatable bonds is 3. The molecule has 0 N–H and O–H groups in total. The molecule has 0 bridgehead atoms. The van der Waals surface area contributed by atoms with E-state index in [2.05, 4.69) is 9.98 Å². The molecule has 0 radical (unpaired) electrons. The number of hydrogen-bond acceptors (Lipinski definition) is 4. The second-order valence-electron chi connectivity index (χ2n) is 3.75. The van der Waals surface area contributed by atoms with Gasteiger partial charge in [-0.1, -0.05) is 6.92 Å². The second-order valence-corrected chi connectivity index (χ2v) is 3.75. The van der Waals surface area contributed by atoms with Gasteiger partial charge in [0.25, 0.3) is 0 Å². The van der Waals surface area contributed by atoms with Crippen LogP contribution in [0, 0.1) is 0 Å². The molecule has 0 saturated heterocycles. The van der Waals surface area contributed by atoms with Gasteiger partial charge in [-0.25, -0.2) is 14.6 Å². The van der Waals surface area contributed by atoms with Crippen LogP contribution in [-0.2, 0) is 9.59 Å². The molecule has 0 heterocycles. The van der Waals surface area contributed by atoms with Gasteiger partial charge in [0.1, 0.15) is 0 Å². The SMILES string of the molecule is CCC1(N=C=O)CCCC(N=C=O)C1. The van der Waals surface area contributed by atoms with Crippen LogP contribution in [0.2, 0.25) is 0 Å². The molecule has 14 heavy (non-hydrogen) atoms. The maximum absolute atomic E-state index is 10.3. The van der Waals surface area contributed by atoms with Crippen LogP contribution in [0.3, 0.4) is 0 Å². The fraction of sp³-hybridized carbons (Fsp3) is 0.800. The summed E-state index contributed by atoms with van der Waals surface area (Å²) in [6.07, 6.45) is 7.42. The first-order valence-corrected chi connectivity index (χ1v) is 4.92. The van der Waals surface area contributed by atoms with Crippen molar-refractivity contribution in [1.29, 1.82) is 0 Å². The van der Waals surface area contributed by atoms with E-state index in [1.807, 2.05) is 6.92 Å². The van der Waals surface area contributed by atoms with Gasteiger partial charge in [0.05, 0.1) is 11.6 Å². The van der Waals surface area contributed by atoms with E-state index < -0.39 is 0 Å². The number of hydrogen-bond donors (Lipinski definition) is 0. The summed E-state index contributed by atoms with van der Waals surface area (Å²) in [5.74, 6) is 0. The van der Waals surface area contributed by atoms with E-state index in [0.29, 0.717) is 6.42 Å². The monoisotopic (exact) mass is 194 g/mol. The van der Waals surface area contributed by atoms with Crippen LogP contribution < -0.4 is 0 Å². The summed E-state index contributed by atoms with van der Waals surface area (Å²) in [5.41, 5.74) is -0.328. The van der Waals surface area contributed by atoms with E-state index in [9.17, 15) is 9.59 Å². The number of isocyanates is 2. The zero-order valence-corrected chi connectivity index (χ0v) is 8.32. The minimum atomic E-state index is -0.328. The standard InChI is InChI=1S/C10H14N2O2/c1-2-10(12-8-14)5-3-4-9(6-10)11-7-13/h9H,2-6H2,1H3. The lowest BCUT2D eigenvalue weighted by Crippen LogP contribution is -2.34. The van der Waals surface area contributed by atoms with Crippen molar-refractivity contribution in [3.05, 3.63) is 0 Å². The largest absolute Gasteiger partial charge is 0.235 e. The summed E-state index contributed by atoms with van der Waals surface area (Å²) in [4.78, 5) is 28.0. The Kier molecular flexibility index (Phi) is 3.75. The maximum atomic E-state index is 10.3. The second kappa shape index (κ2) is 4.85. The Morgan fingerprint density at radius 3 is 2.79 bits per heavy atom. The lowest BCUT2D eigenvalue weighted by Gasteiger charge is -2.33. The molecule has 1 fully saturated rings.